The van der Waals surface area contributed by atoms with Crippen LogP contribution in [0.4, 0.5) is 0 Å². The Bertz CT molecular complexity index is 1240. The summed E-state index contributed by atoms with van der Waals surface area (Å²) in [5.41, 5.74) is 3.24. The Kier molecular flexibility index (Phi) is 4.48. The summed E-state index contributed by atoms with van der Waals surface area (Å²) in [6.07, 6.45) is 4.44. The molecule has 1 aliphatic carbocycles. The highest BCUT2D eigenvalue weighted by molar-refractivity contribution is 7.13. The van der Waals surface area contributed by atoms with Crippen molar-refractivity contribution in [2.24, 2.45) is 0 Å². The Morgan fingerprint density at radius 3 is 3.00 bits per heavy atom. The zero-order valence-electron chi connectivity index (χ0n) is 15.6. The molecule has 0 unspecified atom stereocenters. The summed E-state index contributed by atoms with van der Waals surface area (Å²) in [6, 6.07) is 13.8. The molecular weight excluding hydrogens is 386 g/mol. The van der Waals surface area contributed by atoms with Gasteiger partial charge < -0.3 is 5.32 Å². The number of aryl methyl sites for hydroxylation is 1. The normalized spacial score (nSPS) is 15.9. The number of carbonyl (C=O) groups excluding carboxylic acids is 1. The number of hydrogen-bond acceptors (Lipinski definition) is 5. The molecule has 0 bridgehead atoms. The predicted molar refractivity (Wildman–Crippen MR) is 111 cm³/mol. The standard InChI is InChI=1S/C21H19N5O2S/c27-20(23-16-8-3-6-14-5-1-2-7-15(14)16)12-25-21(28)18-11-17(19-9-4-10-29-19)24-26(18)13-22-25/h1-2,4-5,7,9-11,13,16H,3,6,8,12H2,(H,23,27)/t16-/m0/s1. The van der Waals surface area contributed by atoms with E-state index in [2.05, 4.69) is 27.6 Å². The molecule has 4 aromatic rings. The molecule has 1 N–H and O–H groups in total. The van der Waals surface area contributed by atoms with Crippen LogP contribution in [0.3, 0.4) is 0 Å². The highest BCUT2D eigenvalue weighted by Crippen LogP contribution is 2.29. The van der Waals surface area contributed by atoms with E-state index in [4.69, 9.17) is 0 Å². The Labute approximate surface area is 170 Å². The summed E-state index contributed by atoms with van der Waals surface area (Å²) in [5, 5.41) is 13.6. The molecule has 0 spiro atoms. The van der Waals surface area contributed by atoms with Crippen molar-refractivity contribution in [1.82, 2.24) is 24.7 Å². The average Bonchev–Trinajstić information content (AvgIpc) is 3.40. The Morgan fingerprint density at radius 2 is 2.14 bits per heavy atom. The zero-order valence-corrected chi connectivity index (χ0v) is 16.4. The monoisotopic (exact) mass is 405 g/mol. The highest BCUT2D eigenvalue weighted by atomic mass is 32.1. The van der Waals surface area contributed by atoms with Gasteiger partial charge in [0.1, 0.15) is 24.1 Å². The van der Waals surface area contributed by atoms with Gasteiger partial charge in [0.25, 0.3) is 5.56 Å². The van der Waals surface area contributed by atoms with Crippen molar-refractivity contribution in [3.63, 3.8) is 0 Å². The van der Waals surface area contributed by atoms with Crippen LogP contribution >= 0.6 is 11.3 Å². The molecule has 1 atom stereocenters. The van der Waals surface area contributed by atoms with E-state index in [1.54, 1.807) is 17.4 Å². The summed E-state index contributed by atoms with van der Waals surface area (Å²) in [6.45, 7) is -0.118. The molecule has 0 radical (unpaired) electrons. The number of carbonyl (C=O) groups is 1. The van der Waals surface area contributed by atoms with Crippen molar-refractivity contribution < 1.29 is 4.79 Å². The number of benzene rings is 1. The maximum absolute atomic E-state index is 12.8. The van der Waals surface area contributed by atoms with Crippen LogP contribution in [-0.4, -0.2) is 25.3 Å². The molecule has 0 aliphatic heterocycles. The van der Waals surface area contributed by atoms with E-state index in [1.165, 1.54) is 26.7 Å². The molecule has 7 nitrogen and oxygen atoms in total. The van der Waals surface area contributed by atoms with Crippen LogP contribution < -0.4 is 10.9 Å². The molecule has 3 heterocycles. The van der Waals surface area contributed by atoms with Crippen molar-refractivity contribution >= 4 is 22.8 Å². The van der Waals surface area contributed by atoms with Crippen molar-refractivity contribution in [1.29, 1.82) is 0 Å². The summed E-state index contributed by atoms with van der Waals surface area (Å²) in [7, 11) is 0. The first kappa shape index (κ1) is 17.8. The third-order valence-corrected chi connectivity index (χ3v) is 6.15. The second-order valence-electron chi connectivity index (χ2n) is 7.14. The van der Waals surface area contributed by atoms with Crippen LogP contribution in [0.15, 0.2) is 59.0 Å². The second-order valence-corrected chi connectivity index (χ2v) is 8.09. The van der Waals surface area contributed by atoms with Crippen LogP contribution in [0.1, 0.15) is 30.0 Å². The van der Waals surface area contributed by atoms with E-state index < -0.39 is 0 Å². The zero-order chi connectivity index (χ0) is 19.8. The van der Waals surface area contributed by atoms with Crippen molar-refractivity contribution in [2.75, 3.05) is 0 Å². The van der Waals surface area contributed by atoms with Crippen LogP contribution in [0.2, 0.25) is 0 Å². The lowest BCUT2D eigenvalue weighted by Crippen LogP contribution is -2.37. The third-order valence-electron chi connectivity index (χ3n) is 5.26. The summed E-state index contributed by atoms with van der Waals surface area (Å²) in [4.78, 5) is 26.4. The van der Waals surface area contributed by atoms with Gasteiger partial charge in [0, 0.05) is 0 Å². The number of thiophene rings is 1. The summed E-state index contributed by atoms with van der Waals surface area (Å²) < 4.78 is 2.66. The number of nitrogens with one attached hydrogen (secondary N) is 1. The lowest BCUT2D eigenvalue weighted by atomic mass is 9.88. The fourth-order valence-corrected chi connectivity index (χ4v) is 4.56. The second kappa shape index (κ2) is 7.29. The van der Waals surface area contributed by atoms with Crippen LogP contribution in [-0.2, 0) is 17.8 Å². The Balaban J connectivity index is 1.37. The maximum Gasteiger partial charge on any atom is 0.293 e. The number of nitrogens with zero attached hydrogens (tertiary/aromatic N) is 4. The van der Waals surface area contributed by atoms with E-state index in [1.807, 2.05) is 29.6 Å². The smallest absolute Gasteiger partial charge is 0.293 e. The fourth-order valence-electron chi connectivity index (χ4n) is 3.88. The number of amides is 1. The number of rotatable bonds is 4. The molecular formula is C21H19N5O2S. The quantitative estimate of drug-likeness (QED) is 0.566. The molecule has 29 heavy (non-hydrogen) atoms. The van der Waals surface area contributed by atoms with E-state index in [9.17, 15) is 9.59 Å². The fraction of sp³-hybridized carbons (Fsp3) is 0.238. The molecule has 5 rings (SSSR count). The van der Waals surface area contributed by atoms with Gasteiger partial charge in [-0.2, -0.15) is 10.2 Å². The number of aromatic nitrogens is 4. The van der Waals surface area contributed by atoms with Gasteiger partial charge in [-0.3, -0.25) is 9.59 Å². The first-order valence-electron chi connectivity index (χ1n) is 9.55. The van der Waals surface area contributed by atoms with Crippen molar-refractivity contribution in [2.45, 2.75) is 31.8 Å². The van der Waals surface area contributed by atoms with Gasteiger partial charge in [0.2, 0.25) is 5.91 Å². The van der Waals surface area contributed by atoms with Gasteiger partial charge >= 0.3 is 0 Å². The van der Waals surface area contributed by atoms with Gasteiger partial charge in [-0.1, -0.05) is 30.3 Å². The van der Waals surface area contributed by atoms with E-state index >= 15 is 0 Å². The predicted octanol–water partition coefficient (Wildman–Crippen LogP) is 2.81. The minimum absolute atomic E-state index is 0.0210. The Morgan fingerprint density at radius 1 is 1.24 bits per heavy atom. The molecule has 1 aliphatic rings. The van der Waals surface area contributed by atoms with Gasteiger partial charge in [-0.15, -0.1) is 11.3 Å². The lowest BCUT2D eigenvalue weighted by molar-refractivity contribution is -0.122. The van der Waals surface area contributed by atoms with Crippen LogP contribution in [0, 0.1) is 0 Å². The van der Waals surface area contributed by atoms with E-state index in [-0.39, 0.29) is 24.1 Å². The van der Waals surface area contributed by atoms with Crippen LogP contribution in [0.25, 0.3) is 16.1 Å². The van der Waals surface area contributed by atoms with Gasteiger partial charge in [0.05, 0.1) is 10.9 Å². The Hall–Kier alpha value is -3.26. The maximum atomic E-state index is 12.8. The van der Waals surface area contributed by atoms with Gasteiger partial charge in [-0.25, -0.2) is 9.20 Å². The highest BCUT2D eigenvalue weighted by Gasteiger charge is 2.22. The van der Waals surface area contributed by atoms with Crippen molar-refractivity contribution in [3.8, 4) is 10.6 Å². The minimum Gasteiger partial charge on any atom is -0.348 e. The largest absolute Gasteiger partial charge is 0.348 e. The molecule has 8 heteroatoms. The third kappa shape index (κ3) is 3.36. The van der Waals surface area contributed by atoms with Crippen LogP contribution in [0.5, 0.6) is 0 Å². The minimum atomic E-state index is -0.331. The molecule has 1 aromatic carbocycles. The summed E-state index contributed by atoms with van der Waals surface area (Å²) in [5.74, 6) is -0.219. The topological polar surface area (TPSA) is 81.3 Å². The van der Waals surface area contributed by atoms with Gasteiger partial charge in [0.15, 0.2) is 0 Å². The molecule has 3 aromatic heterocycles. The average molecular weight is 405 g/mol. The van der Waals surface area contributed by atoms with E-state index in [0.717, 1.165) is 29.8 Å². The SMILES string of the molecule is O=C(Cn1ncn2nc(-c3cccs3)cc2c1=O)N[C@H]1CCCc2ccccc21. The number of hydrogen-bond donors (Lipinski definition) is 1. The first-order valence-corrected chi connectivity index (χ1v) is 10.4. The lowest BCUT2D eigenvalue weighted by Gasteiger charge is -2.26. The molecule has 1 amide bonds. The van der Waals surface area contributed by atoms with Crippen molar-refractivity contribution in [3.05, 3.63) is 75.7 Å². The summed E-state index contributed by atoms with van der Waals surface area (Å²) >= 11 is 1.56. The van der Waals surface area contributed by atoms with Gasteiger partial charge in [-0.05, 0) is 47.9 Å². The molecule has 146 valence electrons. The van der Waals surface area contributed by atoms with E-state index in [0.29, 0.717) is 5.52 Å². The molecule has 0 fully saturated rings. The first-order chi connectivity index (χ1) is 14.2. The molecule has 0 saturated heterocycles. The molecule has 0 saturated carbocycles. The number of fused-ring (bicyclic) bond motifs is 2.